The van der Waals surface area contributed by atoms with Gasteiger partial charge in [0.05, 0.1) is 0 Å². The van der Waals surface area contributed by atoms with Gasteiger partial charge in [0, 0.05) is 32.8 Å². The standard InChI is InChI=1S/C49H29N3O/c1-2-12-32(13-3-1)47-50-48(38-21-19-31-11-5-7-15-34(31)28-38)52-49(51-47)42-29-44-46(41-16-8-9-17-43(41)53-44)45-39-24-22-36(27-37(39)23-25-40(42)45)35-20-18-30-10-4-6-14-33(30)26-35/h1-29H. The van der Waals surface area contributed by atoms with Gasteiger partial charge in [-0.25, -0.2) is 15.0 Å². The van der Waals surface area contributed by atoms with Gasteiger partial charge in [-0.2, -0.15) is 0 Å². The van der Waals surface area contributed by atoms with Crippen molar-refractivity contribution < 1.29 is 4.42 Å². The molecule has 0 amide bonds. The maximum absolute atomic E-state index is 6.61. The predicted octanol–water partition coefficient (Wildman–Crippen LogP) is 13.1. The Morgan fingerprint density at radius 1 is 0.302 bits per heavy atom. The average Bonchev–Trinajstić information content (AvgIpc) is 3.61. The molecule has 11 aromatic rings. The van der Waals surface area contributed by atoms with Gasteiger partial charge in [0.15, 0.2) is 17.5 Å². The molecule has 0 aliphatic carbocycles. The average molecular weight is 676 g/mol. The summed E-state index contributed by atoms with van der Waals surface area (Å²) in [6.45, 7) is 0. The van der Waals surface area contributed by atoms with Crippen LogP contribution >= 0.6 is 0 Å². The van der Waals surface area contributed by atoms with E-state index >= 15 is 0 Å². The van der Waals surface area contributed by atoms with Crippen LogP contribution in [0.3, 0.4) is 0 Å². The molecule has 11 rings (SSSR count). The van der Waals surface area contributed by atoms with E-state index in [4.69, 9.17) is 19.4 Å². The second-order valence-electron chi connectivity index (χ2n) is 13.6. The third-order valence-corrected chi connectivity index (χ3v) is 10.5. The van der Waals surface area contributed by atoms with Crippen molar-refractivity contribution in [3.05, 3.63) is 176 Å². The maximum atomic E-state index is 6.61. The lowest BCUT2D eigenvalue weighted by atomic mass is 9.92. The van der Waals surface area contributed by atoms with Crippen molar-refractivity contribution in [3.63, 3.8) is 0 Å². The molecular formula is C49H29N3O. The summed E-state index contributed by atoms with van der Waals surface area (Å²) in [5, 5.41) is 11.4. The molecule has 0 atom stereocenters. The molecule has 2 heterocycles. The van der Waals surface area contributed by atoms with Gasteiger partial charge in [-0.05, 0) is 79.2 Å². The smallest absolute Gasteiger partial charge is 0.164 e. The van der Waals surface area contributed by atoms with Gasteiger partial charge >= 0.3 is 0 Å². The Kier molecular flexibility index (Phi) is 6.52. The summed E-state index contributed by atoms with van der Waals surface area (Å²) < 4.78 is 6.61. The Labute approximate surface area is 304 Å². The van der Waals surface area contributed by atoms with Gasteiger partial charge < -0.3 is 4.42 Å². The van der Waals surface area contributed by atoms with Crippen LogP contribution in [0.15, 0.2) is 180 Å². The maximum Gasteiger partial charge on any atom is 0.164 e. The molecule has 0 fully saturated rings. The highest BCUT2D eigenvalue weighted by Crippen LogP contribution is 2.43. The van der Waals surface area contributed by atoms with Crippen LogP contribution in [-0.4, -0.2) is 15.0 Å². The molecule has 4 nitrogen and oxygen atoms in total. The first-order valence-electron chi connectivity index (χ1n) is 17.8. The molecule has 0 aliphatic rings. The number of fused-ring (bicyclic) bond motifs is 9. The molecule has 9 aromatic carbocycles. The Bertz CT molecular complexity index is 3240. The Morgan fingerprint density at radius 2 is 0.849 bits per heavy atom. The first kappa shape index (κ1) is 29.5. The highest BCUT2D eigenvalue weighted by atomic mass is 16.3. The van der Waals surface area contributed by atoms with Gasteiger partial charge in [0.25, 0.3) is 0 Å². The van der Waals surface area contributed by atoms with E-state index in [1.54, 1.807) is 0 Å². The lowest BCUT2D eigenvalue weighted by Crippen LogP contribution is -2.00. The monoisotopic (exact) mass is 675 g/mol. The zero-order valence-corrected chi connectivity index (χ0v) is 28.5. The number of hydrogen-bond acceptors (Lipinski definition) is 4. The second-order valence-corrected chi connectivity index (χ2v) is 13.6. The topological polar surface area (TPSA) is 51.8 Å². The first-order chi connectivity index (χ1) is 26.2. The quantitative estimate of drug-likeness (QED) is 0.174. The van der Waals surface area contributed by atoms with Gasteiger partial charge in [0.2, 0.25) is 0 Å². The normalized spacial score (nSPS) is 11.8. The molecule has 0 spiro atoms. The summed E-state index contributed by atoms with van der Waals surface area (Å²) in [6, 6.07) is 61.7. The largest absolute Gasteiger partial charge is 0.456 e. The Balaban J connectivity index is 1.18. The zero-order chi connectivity index (χ0) is 34.9. The van der Waals surface area contributed by atoms with Crippen molar-refractivity contribution >= 4 is 65.0 Å². The summed E-state index contributed by atoms with van der Waals surface area (Å²) in [5.74, 6) is 1.84. The number of furan rings is 1. The summed E-state index contributed by atoms with van der Waals surface area (Å²) in [4.78, 5) is 15.4. The van der Waals surface area contributed by atoms with Crippen LogP contribution in [0.25, 0.3) is 110 Å². The Morgan fingerprint density at radius 3 is 1.62 bits per heavy atom. The van der Waals surface area contributed by atoms with Crippen molar-refractivity contribution in [2.24, 2.45) is 0 Å². The van der Waals surface area contributed by atoms with E-state index in [1.165, 1.54) is 27.3 Å². The number of aromatic nitrogens is 3. The van der Waals surface area contributed by atoms with E-state index < -0.39 is 0 Å². The van der Waals surface area contributed by atoms with Crippen LogP contribution in [0, 0.1) is 0 Å². The van der Waals surface area contributed by atoms with Crippen LogP contribution in [-0.2, 0) is 0 Å². The lowest BCUT2D eigenvalue weighted by Gasteiger charge is -2.13. The summed E-state index contributed by atoms with van der Waals surface area (Å²) in [7, 11) is 0. The minimum Gasteiger partial charge on any atom is -0.456 e. The lowest BCUT2D eigenvalue weighted by molar-refractivity contribution is 0.669. The minimum absolute atomic E-state index is 0.599. The first-order valence-corrected chi connectivity index (χ1v) is 17.8. The van der Waals surface area contributed by atoms with Gasteiger partial charge in [-0.15, -0.1) is 0 Å². The number of benzene rings is 9. The van der Waals surface area contributed by atoms with Crippen LogP contribution in [0.4, 0.5) is 0 Å². The van der Waals surface area contributed by atoms with Gasteiger partial charge in [-0.1, -0.05) is 146 Å². The van der Waals surface area contributed by atoms with E-state index in [1.807, 2.05) is 42.5 Å². The molecule has 0 aliphatic heterocycles. The molecule has 2 aromatic heterocycles. The van der Waals surface area contributed by atoms with Crippen LogP contribution in [0.1, 0.15) is 0 Å². The van der Waals surface area contributed by atoms with E-state index in [-0.39, 0.29) is 0 Å². The third-order valence-electron chi connectivity index (χ3n) is 10.5. The van der Waals surface area contributed by atoms with Gasteiger partial charge in [0.1, 0.15) is 11.2 Å². The summed E-state index contributed by atoms with van der Waals surface area (Å²) >= 11 is 0. The van der Waals surface area contributed by atoms with E-state index in [0.29, 0.717) is 17.5 Å². The summed E-state index contributed by atoms with van der Waals surface area (Å²) in [5.41, 5.74) is 6.78. The molecular weight excluding hydrogens is 647 g/mol. The molecule has 4 heteroatoms. The zero-order valence-electron chi connectivity index (χ0n) is 28.5. The van der Waals surface area contributed by atoms with Crippen molar-refractivity contribution in [2.45, 2.75) is 0 Å². The Hall–Kier alpha value is -7.17. The molecule has 53 heavy (non-hydrogen) atoms. The molecule has 0 bridgehead atoms. The molecule has 0 saturated heterocycles. The fourth-order valence-corrected chi connectivity index (χ4v) is 7.86. The number of para-hydroxylation sites is 1. The SMILES string of the molecule is c1ccc(-c2nc(-c3ccc4ccccc4c3)nc(-c3cc4oc5ccccc5c4c4c3ccc3cc(-c5ccc6ccccc6c5)ccc34)n2)cc1. The van der Waals surface area contributed by atoms with Crippen molar-refractivity contribution in [3.8, 4) is 45.3 Å². The summed E-state index contributed by atoms with van der Waals surface area (Å²) in [6.07, 6.45) is 0. The van der Waals surface area contributed by atoms with Crippen molar-refractivity contribution in [2.75, 3.05) is 0 Å². The number of nitrogens with zero attached hydrogens (tertiary/aromatic N) is 3. The van der Waals surface area contributed by atoms with Crippen molar-refractivity contribution in [1.82, 2.24) is 15.0 Å². The fourth-order valence-electron chi connectivity index (χ4n) is 7.86. The van der Waals surface area contributed by atoms with Crippen molar-refractivity contribution in [1.29, 1.82) is 0 Å². The van der Waals surface area contributed by atoms with Gasteiger partial charge in [-0.3, -0.25) is 0 Å². The molecule has 0 radical (unpaired) electrons. The molecule has 0 unspecified atom stereocenters. The van der Waals surface area contributed by atoms with E-state index in [2.05, 4.69) is 133 Å². The number of hydrogen-bond donors (Lipinski definition) is 0. The third kappa shape index (κ3) is 4.88. The molecule has 0 N–H and O–H groups in total. The highest BCUT2D eigenvalue weighted by Gasteiger charge is 2.21. The number of rotatable bonds is 4. The van der Waals surface area contributed by atoms with E-state index in [9.17, 15) is 0 Å². The predicted molar refractivity (Wildman–Crippen MR) is 219 cm³/mol. The molecule has 246 valence electrons. The second kappa shape index (κ2) is 11.7. The van der Waals surface area contributed by atoms with Crippen LogP contribution in [0.5, 0.6) is 0 Å². The van der Waals surface area contributed by atoms with E-state index in [0.717, 1.165) is 65.6 Å². The fraction of sp³-hybridized carbons (Fsp3) is 0. The van der Waals surface area contributed by atoms with Crippen LogP contribution in [0.2, 0.25) is 0 Å². The van der Waals surface area contributed by atoms with Crippen LogP contribution < -0.4 is 0 Å². The molecule has 0 saturated carbocycles. The minimum atomic E-state index is 0.599. The highest BCUT2D eigenvalue weighted by molar-refractivity contribution is 6.29.